The highest BCUT2D eigenvalue weighted by atomic mass is 35.5. The van der Waals surface area contributed by atoms with Crippen molar-refractivity contribution in [2.75, 3.05) is 0 Å². The van der Waals surface area contributed by atoms with Gasteiger partial charge in [-0.05, 0) is 26.3 Å². The van der Waals surface area contributed by atoms with Gasteiger partial charge in [0.2, 0.25) is 5.91 Å². The number of benzene rings is 1. The van der Waals surface area contributed by atoms with Gasteiger partial charge in [0.15, 0.2) is 0 Å². The van der Waals surface area contributed by atoms with Crippen LogP contribution in [0.25, 0.3) is 0 Å². The number of aromatic nitrogens is 2. The molecule has 0 fully saturated rings. The molecule has 0 aliphatic heterocycles. The second-order valence-corrected chi connectivity index (χ2v) is 5.38. The zero-order valence-corrected chi connectivity index (χ0v) is 14.2. The number of carbonyl (C=O) groups is 1. The van der Waals surface area contributed by atoms with Crippen molar-refractivity contribution in [3.63, 3.8) is 0 Å². The molecule has 0 saturated carbocycles. The van der Waals surface area contributed by atoms with Crippen LogP contribution < -0.4 is 11.1 Å². The predicted molar refractivity (Wildman–Crippen MR) is 89.9 cm³/mol. The van der Waals surface area contributed by atoms with Crippen molar-refractivity contribution in [1.29, 1.82) is 0 Å². The van der Waals surface area contributed by atoms with E-state index in [9.17, 15) is 4.79 Å². The number of nitrogens with two attached hydrogens (primary N) is 1. The number of rotatable bonds is 4. The van der Waals surface area contributed by atoms with E-state index in [0.29, 0.717) is 6.54 Å². The van der Waals surface area contributed by atoms with E-state index >= 15 is 0 Å². The summed E-state index contributed by atoms with van der Waals surface area (Å²) in [5.41, 5.74) is 11.0. The van der Waals surface area contributed by atoms with Gasteiger partial charge in [-0.15, -0.1) is 12.4 Å². The molecule has 2 aromatic rings. The van der Waals surface area contributed by atoms with E-state index in [0.717, 1.165) is 28.1 Å². The van der Waals surface area contributed by atoms with Crippen LogP contribution >= 0.6 is 12.4 Å². The summed E-state index contributed by atoms with van der Waals surface area (Å²) in [6, 6.07) is 7.04. The van der Waals surface area contributed by atoms with E-state index in [-0.39, 0.29) is 18.3 Å². The van der Waals surface area contributed by atoms with E-state index in [1.54, 1.807) is 0 Å². The molecular weight excluding hydrogens is 300 g/mol. The Hall–Kier alpha value is -1.85. The normalized spacial score (nSPS) is 11.7. The van der Waals surface area contributed by atoms with Crippen molar-refractivity contribution in [3.8, 4) is 0 Å². The average Bonchev–Trinajstić information content (AvgIpc) is 2.70. The summed E-state index contributed by atoms with van der Waals surface area (Å²) < 4.78 is 1.82. The molecule has 3 N–H and O–H groups in total. The van der Waals surface area contributed by atoms with Crippen LogP contribution in [0.1, 0.15) is 34.1 Å². The fourth-order valence-electron chi connectivity index (χ4n) is 2.28. The van der Waals surface area contributed by atoms with E-state index in [1.165, 1.54) is 0 Å². The lowest BCUT2D eigenvalue weighted by atomic mass is 10.1. The van der Waals surface area contributed by atoms with Gasteiger partial charge >= 0.3 is 0 Å². The Labute approximate surface area is 137 Å². The Balaban J connectivity index is 0.00000242. The quantitative estimate of drug-likeness (QED) is 0.905. The van der Waals surface area contributed by atoms with E-state index in [4.69, 9.17) is 5.73 Å². The zero-order valence-electron chi connectivity index (χ0n) is 13.4. The monoisotopic (exact) mass is 322 g/mol. The van der Waals surface area contributed by atoms with Gasteiger partial charge in [0.1, 0.15) is 6.04 Å². The van der Waals surface area contributed by atoms with Crippen molar-refractivity contribution >= 4 is 18.3 Å². The number of aryl methyl sites for hydroxylation is 3. The maximum Gasteiger partial charge on any atom is 0.241 e. The first-order chi connectivity index (χ1) is 9.90. The zero-order chi connectivity index (χ0) is 15.6. The number of hydrogen-bond acceptors (Lipinski definition) is 3. The molecule has 6 heteroatoms. The molecule has 1 heterocycles. The summed E-state index contributed by atoms with van der Waals surface area (Å²) in [5, 5.41) is 7.22. The average molecular weight is 323 g/mol. The lowest BCUT2D eigenvalue weighted by Gasteiger charge is -2.13. The molecule has 0 radical (unpaired) electrons. The van der Waals surface area contributed by atoms with Crippen LogP contribution in [-0.4, -0.2) is 15.7 Å². The van der Waals surface area contributed by atoms with Crippen LogP contribution in [0.2, 0.25) is 0 Å². The van der Waals surface area contributed by atoms with Gasteiger partial charge < -0.3 is 11.1 Å². The first-order valence-electron chi connectivity index (χ1n) is 6.99. The molecule has 1 amide bonds. The smallest absolute Gasteiger partial charge is 0.241 e. The van der Waals surface area contributed by atoms with Crippen molar-refractivity contribution in [2.45, 2.75) is 33.4 Å². The van der Waals surface area contributed by atoms with Crippen LogP contribution in [0.5, 0.6) is 0 Å². The fraction of sp³-hybridized carbons (Fsp3) is 0.375. The Morgan fingerprint density at radius 3 is 2.36 bits per heavy atom. The van der Waals surface area contributed by atoms with Crippen LogP contribution in [0.15, 0.2) is 24.3 Å². The topological polar surface area (TPSA) is 72.9 Å². The summed E-state index contributed by atoms with van der Waals surface area (Å²) in [6.07, 6.45) is 0. The SMILES string of the molecule is Cc1ccc(C(N)C(=O)NCc2c(C)nn(C)c2C)cc1.Cl. The largest absolute Gasteiger partial charge is 0.350 e. The summed E-state index contributed by atoms with van der Waals surface area (Å²) in [5.74, 6) is -0.179. The van der Waals surface area contributed by atoms with Gasteiger partial charge in [0.25, 0.3) is 0 Å². The van der Waals surface area contributed by atoms with Crippen LogP contribution in [-0.2, 0) is 18.4 Å². The standard InChI is InChI=1S/C16H22N4O.ClH/c1-10-5-7-13(8-6-10)15(17)16(21)18-9-14-11(2)19-20(4)12(14)3;/h5-8,15H,9,17H2,1-4H3,(H,18,21);1H. The summed E-state index contributed by atoms with van der Waals surface area (Å²) in [4.78, 5) is 12.2. The van der Waals surface area contributed by atoms with E-state index in [1.807, 2.05) is 56.8 Å². The number of hydrogen-bond donors (Lipinski definition) is 2. The minimum absolute atomic E-state index is 0. The number of halogens is 1. The van der Waals surface area contributed by atoms with Gasteiger partial charge in [-0.1, -0.05) is 29.8 Å². The van der Waals surface area contributed by atoms with Crippen LogP contribution in [0.4, 0.5) is 0 Å². The highest BCUT2D eigenvalue weighted by Gasteiger charge is 2.17. The van der Waals surface area contributed by atoms with E-state index in [2.05, 4.69) is 10.4 Å². The predicted octanol–water partition coefficient (Wildman–Crippen LogP) is 2.08. The van der Waals surface area contributed by atoms with Crippen molar-refractivity contribution < 1.29 is 4.79 Å². The first-order valence-corrected chi connectivity index (χ1v) is 6.99. The summed E-state index contributed by atoms with van der Waals surface area (Å²) in [6.45, 7) is 6.38. The molecular formula is C16H23ClN4O. The number of nitrogens with zero attached hydrogens (tertiary/aromatic N) is 2. The van der Waals surface area contributed by atoms with Crippen LogP contribution in [0.3, 0.4) is 0 Å². The summed E-state index contributed by atoms with van der Waals surface area (Å²) in [7, 11) is 1.89. The number of nitrogens with one attached hydrogen (secondary N) is 1. The Morgan fingerprint density at radius 2 is 1.86 bits per heavy atom. The van der Waals surface area contributed by atoms with E-state index < -0.39 is 6.04 Å². The minimum Gasteiger partial charge on any atom is -0.350 e. The summed E-state index contributed by atoms with van der Waals surface area (Å²) >= 11 is 0. The van der Waals surface area contributed by atoms with Crippen molar-refractivity contribution in [1.82, 2.24) is 15.1 Å². The lowest BCUT2D eigenvalue weighted by molar-refractivity contribution is -0.122. The molecule has 5 nitrogen and oxygen atoms in total. The third kappa shape index (κ3) is 3.87. The molecule has 120 valence electrons. The maximum atomic E-state index is 12.2. The molecule has 1 atom stereocenters. The molecule has 1 unspecified atom stereocenters. The van der Waals surface area contributed by atoms with Gasteiger partial charge in [-0.2, -0.15) is 5.10 Å². The molecule has 0 bridgehead atoms. The molecule has 0 aliphatic carbocycles. The Morgan fingerprint density at radius 1 is 1.27 bits per heavy atom. The molecule has 1 aromatic heterocycles. The van der Waals surface area contributed by atoms with Gasteiger partial charge in [0, 0.05) is 24.8 Å². The molecule has 0 spiro atoms. The van der Waals surface area contributed by atoms with Crippen LogP contribution in [0, 0.1) is 20.8 Å². The van der Waals surface area contributed by atoms with Crippen molar-refractivity contribution in [3.05, 3.63) is 52.3 Å². The Bertz CT molecular complexity index is 649. The molecule has 1 aromatic carbocycles. The lowest BCUT2D eigenvalue weighted by Crippen LogP contribution is -2.33. The molecule has 2 rings (SSSR count). The third-order valence-corrected chi connectivity index (χ3v) is 3.82. The fourth-order valence-corrected chi connectivity index (χ4v) is 2.28. The second kappa shape index (κ2) is 7.42. The van der Waals surface area contributed by atoms with Gasteiger partial charge in [-0.25, -0.2) is 0 Å². The van der Waals surface area contributed by atoms with Gasteiger partial charge in [0.05, 0.1) is 5.69 Å². The van der Waals surface area contributed by atoms with Crippen molar-refractivity contribution in [2.24, 2.45) is 12.8 Å². The highest BCUT2D eigenvalue weighted by molar-refractivity contribution is 5.85. The molecule has 0 saturated heterocycles. The minimum atomic E-state index is -0.650. The number of carbonyl (C=O) groups excluding carboxylic acids is 1. The van der Waals surface area contributed by atoms with Gasteiger partial charge in [-0.3, -0.25) is 9.48 Å². The highest BCUT2D eigenvalue weighted by Crippen LogP contribution is 2.14. The Kier molecular flexibility index (Phi) is 6.14. The maximum absolute atomic E-state index is 12.2. The second-order valence-electron chi connectivity index (χ2n) is 5.38. The molecule has 22 heavy (non-hydrogen) atoms. The third-order valence-electron chi connectivity index (χ3n) is 3.82. The molecule has 0 aliphatic rings. The number of amides is 1. The first kappa shape index (κ1) is 18.2.